The molecular weight excluding hydrogens is 342 g/mol. The summed E-state index contributed by atoms with van der Waals surface area (Å²) in [4.78, 5) is 19.0. The highest BCUT2D eigenvalue weighted by molar-refractivity contribution is 5.94. The molecule has 2 aliphatic rings. The largest absolute Gasteiger partial charge is 0.375 e. The number of pyridine rings is 1. The van der Waals surface area contributed by atoms with Crippen LogP contribution in [0.4, 0.5) is 5.82 Å². The lowest BCUT2D eigenvalue weighted by atomic mass is 10.1. The molecule has 2 fully saturated rings. The van der Waals surface area contributed by atoms with Crippen LogP contribution in [-0.4, -0.2) is 57.4 Å². The van der Waals surface area contributed by atoms with E-state index in [0.29, 0.717) is 24.5 Å². The molecule has 7 nitrogen and oxygen atoms in total. The molecule has 4 heterocycles. The molecule has 2 aromatic heterocycles. The third kappa shape index (κ3) is 3.20. The highest BCUT2D eigenvalue weighted by atomic mass is 16.5. The van der Waals surface area contributed by atoms with Gasteiger partial charge in [0.25, 0.3) is 0 Å². The predicted molar refractivity (Wildman–Crippen MR) is 102 cm³/mol. The fourth-order valence-electron chi connectivity index (χ4n) is 4.00. The second-order valence-corrected chi connectivity index (χ2v) is 7.36. The summed E-state index contributed by atoms with van der Waals surface area (Å²) in [5.41, 5.74) is 2.15. The number of aromatic nitrogens is 3. The minimum atomic E-state index is -0.0298. The van der Waals surface area contributed by atoms with Crippen molar-refractivity contribution in [3.8, 4) is 11.1 Å². The maximum absolute atomic E-state index is 12.4. The molecule has 0 radical (unpaired) electrons. The minimum absolute atomic E-state index is 0.0298. The van der Waals surface area contributed by atoms with Gasteiger partial charge in [0.1, 0.15) is 5.82 Å². The lowest BCUT2D eigenvalue weighted by Gasteiger charge is -2.25. The van der Waals surface area contributed by atoms with Crippen LogP contribution in [0.25, 0.3) is 21.9 Å². The zero-order valence-electron chi connectivity index (χ0n) is 15.1. The molecule has 1 amide bonds. The van der Waals surface area contributed by atoms with Gasteiger partial charge in [-0.3, -0.25) is 14.4 Å². The van der Waals surface area contributed by atoms with Crippen molar-refractivity contribution in [2.45, 2.75) is 18.6 Å². The summed E-state index contributed by atoms with van der Waals surface area (Å²) in [5.74, 6) is 0.550. The summed E-state index contributed by atoms with van der Waals surface area (Å²) in [6.45, 7) is 1.97. The van der Waals surface area contributed by atoms with Gasteiger partial charge in [-0.15, -0.1) is 0 Å². The first kappa shape index (κ1) is 16.4. The monoisotopic (exact) mass is 363 g/mol. The number of benzene rings is 1. The molecule has 2 aliphatic heterocycles. The number of nitrogens with zero attached hydrogens (tertiary/aromatic N) is 4. The molecule has 2 atom stereocenters. The number of amides is 1. The molecular formula is C20H21N5O2. The zero-order chi connectivity index (χ0) is 18.4. The van der Waals surface area contributed by atoms with E-state index in [2.05, 4.69) is 32.4 Å². The molecule has 3 aromatic rings. The molecule has 2 saturated heterocycles. The normalized spacial score (nSPS) is 21.8. The molecule has 2 bridgehead atoms. The standard InChI is InChI=1S/C20H21N5O2/c1-24-9-16(8-22-24)13-2-3-14-7-21-19(5-15(14)4-13)23-20(26)11-25-10-18-6-17(25)12-27-18/h2-5,7-9,17-18H,6,10-12H2,1H3,(H,21,23,26)/t17-,18-/m0/s1. The van der Waals surface area contributed by atoms with Crippen molar-refractivity contribution in [3.05, 3.63) is 42.9 Å². The first-order valence-electron chi connectivity index (χ1n) is 9.18. The van der Waals surface area contributed by atoms with Gasteiger partial charge >= 0.3 is 0 Å². The quantitative estimate of drug-likeness (QED) is 0.768. The van der Waals surface area contributed by atoms with Gasteiger partial charge in [-0.1, -0.05) is 12.1 Å². The molecule has 27 heavy (non-hydrogen) atoms. The number of rotatable bonds is 4. The maximum Gasteiger partial charge on any atom is 0.239 e. The smallest absolute Gasteiger partial charge is 0.239 e. The predicted octanol–water partition coefficient (Wildman–Crippen LogP) is 2.05. The van der Waals surface area contributed by atoms with Crippen molar-refractivity contribution in [2.24, 2.45) is 7.05 Å². The lowest BCUT2D eigenvalue weighted by Crippen LogP contribution is -2.41. The van der Waals surface area contributed by atoms with Crippen molar-refractivity contribution >= 4 is 22.5 Å². The van der Waals surface area contributed by atoms with E-state index >= 15 is 0 Å². The third-order valence-corrected chi connectivity index (χ3v) is 5.39. The van der Waals surface area contributed by atoms with Crippen molar-refractivity contribution in [1.82, 2.24) is 19.7 Å². The van der Waals surface area contributed by atoms with E-state index in [9.17, 15) is 4.79 Å². The molecule has 138 valence electrons. The van der Waals surface area contributed by atoms with E-state index in [1.807, 2.05) is 31.6 Å². The fourth-order valence-corrected chi connectivity index (χ4v) is 4.00. The van der Waals surface area contributed by atoms with Crippen LogP contribution >= 0.6 is 0 Å². The highest BCUT2D eigenvalue weighted by Gasteiger charge is 2.39. The highest BCUT2D eigenvalue weighted by Crippen LogP contribution is 2.28. The molecule has 1 N–H and O–H groups in total. The van der Waals surface area contributed by atoms with Crippen LogP contribution in [0.15, 0.2) is 42.9 Å². The summed E-state index contributed by atoms with van der Waals surface area (Å²) < 4.78 is 7.37. The van der Waals surface area contributed by atoms with E-state index in [1.165, 1.54) is 0 Å². The molecule has 1 aromatic carbocycles. The van der Waals surface area contributed by atoms with Crippen LogP contribution in [0.5, 0.6) is 0 Å². The molecule has 0 spiro atoms. The number of nitrogens with one attached hydrogen (secondary N) is 1. The number of likely N-dealkylation sites (tertiary alicyclic amines) is 1. The van der Waals surface area contributed by atoms with Gasteiger partial charge in [-0.05, 0) is 29.5 Å². The second-order valence-electron chi connectivity index (χ2n) is 7.36. The number of hydrogen-bond acceptors (Lipinski definition) is 5. The van der Waals surface area contributed by atoms with Crippen molar-refractivity contribution in [1.29, 1.82) is 0 Å². The molecule has 5 rings (SSSR count). The number of morpholine rings is 1. The second kappa shape index (κ2) is 6.44. The number of ether oxygens (including phenoxy) is 1. The first-order valence-corrected chi connectivity index (χ1v) is 9.18. The number of aryl methyl sites for hydroxylation is 1. The third-order valence-electron chi connectivity index (χ3n) is 5.39. The Balaban J connectivity index is 1.33. The average molecular weight is 363 g/mol. The van der Waals surface area contributed by atoms with Crippen LogP contribution in [0.3, 0.4) is 0 Å². The van der Waals surface area contributed by atoms with Gasteiger partial charge in [0, 0.05) is 43.0 Å². The topological polar surface area (TPSA) is 72.3 Å². The van der Waals surface area contributed by atoms with Gasteiger partial charge in [0.2, 0.25) is 5.91 Å². The molecule has 0 unspecified atom stereocenters. The van der Waals surface area contributed by atoms with E-state index in [-0.39, 0.29) is 5.91 Å². The number of carbonyl (C=O) groups is 1. The van der Waals surface area contributed by atoms with E-state index in [4.69, 9.17) is 4.74 Å². The minimum Gasteiger partial charge on any atom is -0.375 e. The Kier molecular flexibility index (Phi) is 3.91. The summed E-state index contributed by atoms with van der Waals surface area (Å²) in [7, 11) is 1.90. The van der Waals surface area contributed by atoms with Crippen LogP contribution < -0.4 is 5.32 Å². The average Bonchev–Trinajstić information content (AvgIpc) is 3.38. The summed E-state index contributed by atoms with van der Waals surface area (Å²) in [6.07, 6.45) is 6.96. The Hall–Kier alpha value is -2.77. The SMILES string of the molecule is Cn1cc(-c2ccc3cnc(NC(=O)CN4C[C@@H]5C[C@H]4CO5)cc3c2)cn1. The van der Waals surface area contributed by atoms with E-state index < -0.39 is 0 Å². The van der Waals surface area contributed by atoms with Crippen LogP contribution in [-0.2, 0) is 16.6 Å². The summed E-state index contributed by atoms with van der Waals surface area (Å²) in [5, 5.41) is 9.24. The van der Waals surface area contributed by atoms with E-state index in [0.717, 1.165) is 41.5 Å². The Morgan fingerprint density at radius 1 is 1.26 bits per heavy atom. The van der Waals surface area contributed by atoms with Gasteiger partial charge in [0.15, 0.2) is 0 Å². The number of fused-ring (bicyclic) bond motifs is 3. The molecule has 0 aliphatic carbocycles. The number of carbonyl (C=O) groups excluding carboxylic acids is 1. The Morgan fingerprint density at radius 2 is 2.19 bits per heavy atom. The van der Waals surface area contributed by atoms with Gasteiger partial charge in [0.05, 0.1) is 25.5 Å². The maximum atomic E-state index is 12.4. The van der Waals surface area contributed by atoms with Crippen molar-refractivity contribution in [3.63, 3.8) is 0 Å². The van der Waals surface area contributed by atoms with Crippen LogP contribution in [0.1, 0.15) is 6.42 Å². The first-order chi connectivity index (χ1) is 13.1. The van der Waals surface area contributed by atoms with Gasteiger partial charge in [-0.2, -0.15) is 5.10 Å². The fraction of sp³-hybridized carbons (Fsp3) is 0.350. The zero-order valence-corrected chi connectivity index (χ0v) is 15.1. The molecule has 7 heteroatoms. The lowest BCUT2D eigenvalue weighted by molar-refractivity contribution is -0.118. The Bertz CT molecular complexity index is 1010. The van der Waals surface area contributed by atoms with Gasteiger partial charge < -0.3 is 10.1 Å². The number of anilines is 1. The van der Waals surface area contributed by atoms with Crippen LogP contribution in [0, 0.1) is 0 Å². The number of hydrogen-bond donors (Lipinski definition) is 1. The Morgan fingerprint density at radius 3 is 2.93 bits per heavy atom. The van der Waals surface area contributed by atoms with Crippen molar-refractivity contribution < 1.29 is 9.53 Å². The van der Waals surface area contributed by atoms with Crippen molar-refractivity contribution in [2.75, 3.05) is 25.0 Å². The van der Waals surface area contributed by atoms with E-state index in [1.54, 1.807) is 10.9 Å². The van der Waals surface area contributed by atoms with Crippen LogP contribution in [0.2, 0.25) is 0 Å². The summed E-state index contributed by atoms with van der Waals surface area (Å²) in [6, 6.07) is 8.50. The summed E-state index contributed by atoms with van der Waals surface area (Å²) >= 11 is 0. The Labute approximate surface area is 156 Å². The molecule has 0 saturated carbocycles. The van der Waals surface area contributed by atoms with Gasteiger partial charge in [-0.25, -0.2) is 4.98 Å².